The van der Waals surface area contributed by atoms with E-state index in [-0.39, 0.29) is 11.6 Å². The number of hydrogen-bond acceptors (Lipinski definition) is 3. The van der Waals surface area contributed by atoms with Gasteiger partial charge in [0, 0.05) is 11.5 Å². The zero-order valence-corrected chi connectivity index (χ0v) is 9.68. The van der Waals surface area contributed by atoms with Gasteiger partial charge in [-0.05, 0) is 0 Å². The number of aromatic carboxylic acids is 1. The summed E-state index contributed by atoms with van der Waals surface area (Å²) in [5, 5.41) is 9.10. The highest BCUT2D eigenvalue weighted by Crippen LogP contribution is 2.27. The van der Waals surface area contributed by atoms with Gasteiger partial charge in [-0.3, -0.25) is 0 Å². The van der Waals surface area contributed by atoms with Gasteiger partial charge in [0.1, 0.15) is 0 Å². The van der Waals surface area contributed by atoms with Gasteiger partial charge in [-0.2, -0.15) is 0 Å². The molecule has 88 valence electrons. The second-order valence-corrected chi connectivity index (χ2v) is 4.06. The van der Waals surface area contributed by atoms with Crippen LogP contribution in [0.1, 0.15) is 36.1 Å². The van der Waals surface area contributed by atoms with Gasteiger partial charge in [0.15, 0.2) is 17.3 Å². The maximum Gasteiger partial charge on any atom is 0.358 e. The molecule has 0 atom stereocenters. The summed E-state index contributed by atoms with van der Waals surface area (Å²) < 4.78 is 5.53. The smallest absolute Gasteiger partial charge is 0.358 e. The van der Waals surface area contributed by atoms with Crippen LogP contribution in [0.5, 0.6) is 0 Å². The molecule has 4 nitrogen and oxygen atoms in total. The Morgan fingerprint density at radius 2 is 1.94 bits per heavy atom. The highest BCUT2D eigenvalue weighted by atomic mass is 16.4. The topological polar surface area (TPSA) is 63.3 Å². The highest BCUT2D eigenvalue weighted by molar-refractivity contribution is 5.92. The molecule has 0 saturated heterocycles. The Balaban J connectivity index is 2.56. The first kappa shape index (κ1) is 11.4. The molecule has 1 aromatic carbocycles. The number of carboxylic acid groups (broad SMARTS) is 1. The monoisotopic (exact) mass is 231 g/mol. The van der Waals surface area contributed by atoms with Crippen molar-refractivity contribution in [1.82, 2.24) is 4.98 Å². The van der Waals surface area contributed by atoms with Crippen molar-refractivity contribution in [3.63, 3.8) is 0 Å². The summed E-state index contributed by atoms with van der Waals surface area (Å²) in [4.78, 5) is 15.1. The normalized spacial score (nSPS) is 10.8. The Kier molecular flexibility index (Phi) is 2.95. The lowest BCUT2D eigenvalue weighted by atomic mass is 10.1. The molecule has 0 amide bonds. The van der Waals surface area contributed by atoms with Gasteiger partial charge in [-0.25, -0.2) is 9.78 Å². The van der Waals surface area contributed by atoms with Crippen LogP contribution in [0.3, 0.4) is 0 Å². The average Bonchev–Trinajstić information content (AvgIpc) is 2.75. The standard InChI is InChI=1S/C13H13NO3/c1-8(2)12-14-10(13(15)16)11(17-12)9-6-4-3-5-7-9/h3-8H,1-2H3,(H,15,16). The van der Waals surface area contributed by atoms with Crippen molar-refractivity contribution >= 4 is 5.97 Å². The molecule has 1 N–H and O–H groups in total. The summed E-state index contributed by atoms with van der Waals surface area (Å²) in [5.74, 6) is -0.242. The van der Waals surface area contributed by atoms with E-state index in [0.29, 0.717) is 11.7 Å². The first-order chi connectivity index (χ1) is 8.09. The lowest BCUT2D eigenvalue weighted by molar-refractivity contribution is 0.0691. The van der Waals surface area contributed by atoms with E-state index in [4.69, 9.17) is 9.52 Å². The molecule has 0 fully saturated rings. The molecule has 0 saturated carbocycles. The van der Waals surface area contributed by atoms with Crippen LogP contribution < -0.4 is 0 Å². The van der Waals surface area contributed by atoms with E-state index in [1.165, 1.54) is 0 Å². The second-order valence-electron chi connectivity index (χ2n) is 4.06. The number of oxazole rings is 1. The second kappa shape index (κ2) is 4.41. The minimum atomic E-state index is -1.07. The molecule has 1 aromatic heterocycles. The van der Waals surface area contributed by atoms with E-state index in [9.17, 15) is 4.79 Å². The zero-order valence-electron chi connectivity index (χ0n) is 9.68. The molecule has 2 aromatic rings. The van der Waals surface area contributed by atoms with E-state index in [0.717, 1.165) is 5.56 Å². The molecular formula is C13H13NO3. The molecule has 0 aliphatic carbocycles. The van der Waals surface area contributed by atoms with E-state index < -0.39 is 5.97 Å². The van der Waals surface area contributed by atoms with Crippen molar-refractivity contribution in [1.29, 1.82) is 0 Å². The van der Waals surface area contributed by atoms with Gasteiger partial charge in [-0.15, -0.1) is 0 Å². The van der Waals surface area contributed by atoms with Gasteiger partial charge in [0.2, 0.25) is 0 Å². The maximum absolute atomic E-state index is 11.1. The molecule has 0 spiro atoms. The van der Waals surface area contributed by atoms with Crippen LogP contribution in [0, 0.1) is 0 Å². The predicted octanol–water partition coefficient (Wildman–Crippen LogP) is 3.16. The number of hydrogen-bond donors (Lipinski definition) is 1. The largest absolute Gasteiger partial charge is 0.476 e. The van der Waals surface area contributed by atoms with Gasteiger partial charge >= 0.3 is 5.97 Å². The fraction of sp³-hybridized carbons (Fsp3) is 0.231. The van der Waals surface area contributed by atoms with Crippen molar-refractivity contribution in [3.05, 3.63) is 41.9 Å². The van der Waals surface area contributed by atoms with Crippen LogP contribution in [-0.4, -0.2) is 16.1 Å². The molecule has 17 heavy (non-hydrogen) atoms. The van der Waals surface area contributed by atoms with Gasteiger partial charge in [0.25, 0.3) is 0 Å². The van der Waals surface area contributed by atoms with E-state index in [1.54, 1.807) is 12.1 Å². The SMILES string of the molecule is CC(C)c1nc(C(=O)O)c(-c2ccccc2)o1. The first-order valence-electron chi connectivity index (χ1n) is 5.39. The van der Waals surface area contributed by atoms with E-state index >= 15 is 0 Å². The number of aromatic nitrogens is 1. The zero-order chi connectivity index (χ0) is 12.4. The third-order valence-electron chi connectivity index (χ3n) is 2.38. The van der Waals surface area contributed by atoms with Crippen LogP contribution >= 0.6 is 0 Å². The molecular weight excluding hydrogens is 218 g/mol. The van der Waals surface area contributed by atoms with Crippen LogP contribution in [0.25, 0.3) is 11.3 Å². The molecule has 0 aliphatic rings. The fourth-order valence-corrected chi connectivity index (χ4v) is 1.51. The maximum atomic E-state index is 11.1. The number of carbonyl (C=O) groups is 1. The van der Waals surface area contributed by atoms with E-state index in [1.807, 2.05) is 32.0 Å². The molecule has 1 heterocycles. The fourth-order valence-electron chi connectivity index (χ4n) is 1.51. The molecule has 4 heteroatoms. The number of benzene rings is 1. The summed E-state index contributed by atoms with van der Waals surface area (Å²) in [6.07, 6.45) is 0. The third kappa shape index (κ3) is 2.20. The predicted molar refractivity (Wildman–Crippen MR) is 63.0 cm³/mol. The Bertz CT molecular complexity index is 529. The Labute approximate surface area is 98.9 Å². The van der Waals surface area contributed by atoms with E-state index in [2.05, 4.69) is 4.98 Å². The van der Waals surface area contributed by atoms with Crippen molar-refractivity contribution < 1.29 is 14.3 Å². The molecule has 0 aliphatic heterocycles. The van der Waals surface area contributed by atoms with Crippen LogP contribution in [0.4, 0.5) is 0 Å². The molecule has 0 unspecified atom stereocenters. The van der Waals surface area contributed by atoms with Gasteiger partial charge in [0.05, 0.1) is 0 Å². The minimum absolute atomic E-state index is 0.0279. The lowest BCUT2D eigenvalue weighted by Crippen LogP contribution is -1.99. The number of rotatable bonds is 3. The number of nitrogens with zero attached hydrogens (tertiary/aromatic N) is 1. The average molecular weight is 231 g/mol. The van der Waals surface area contributed by atoms with Crippen molar-refractivity contribution in [2.45, 2.75) is 19.8 Å². The van der Waals surface area contributed by atoms with Crippen LogP contribution in [0.2, 0.25) is 0 Å². The van der Waals surface area contributed by atoms with Crippen LogP contribution in [-0.2, 0) is 0 Å². The summed E-state index contributed by atoms with van der Waals surface area (Å²) in [7, 11) is 0. The van der Waals surface area contributed by atoms with Gasteiger partial charge < -0.3 is 9.52 Å². The lowest BCUT2D eigenvalue weighted by Gasteiger charge is -1.97. The molecule has 2 rings (SSSR count). The highest BCUT2D eigenvalue weighted by Gasteiger charge is 2.21. The Morgan fingerprint density at radius 1 is 1.29 bits per heavy atom. The van der Waals surface area contributed by atoms with Crippen molar-refractivity contribution in [3.8, 4) is 11.3 Å². The summed E-state index contributed by atoms with van der Waals surface area (Å²) in [6, 6.07) is 9.13. The first-order valence-corrected chi connectivity index (χ1v) is 5.39. The van der Waals surface area contributed by atoms with Crippen LogP contribution in [0.15, 0.2) is 34.7 Å². The minimum Gasteiger partial charge on any atom is -0.476 e. The quantitative estimate of drug-likeness (QED) is 0.881. The number of carboxylic acids is 1. The third-order valence-corrected chi connectivity index (χ3v) is 2.38. The summed E-state index contributed by atoms with van der Waals surface area (Å²) in [6.45, 7) is 3.82. The molecule has 0 bridgehead atoms. The van der Waals surface area contributed by atoms with Gasteiger partial charge in [-0.1, -0.05) is 44.2 Å². The summed E-state index contributed by atoms with van der Waals surface area (Å²) >= 11 is 0. The van der Waals surface area contributed by atoms with Crippen molar-refractivity contribution in [2.24, 2.45) is 0 Å². The summed E-state index contributed by atoms with van der Waals surface area (Å²) in [5.41, 5.74) is 0.698. The molecule has 0 radical (unpaired) electrons. The Morgan fingerprint density at radius 3 is 2.47 bits per heavy atom. The van der Waals surface area contributed by atoms with Crippen molar-refractivity contribution in [2.75, 3.05) is 0 Å². The Hall–Kier alpha value is -2.10.